The summed E-state index contributed by atoms with van der Waals surface area (Å²) in [5.41, 5.74) is 2.41. The lowest BCUT2D eigenvalue weighted by Crippen LogP contribution is -2.27. The van der Waals surface area contributed by atoms with Crippen molar-refractivity contribution in [2.24, 2.45) is 0 Å². The van der Waals surface area contributed by atoms with Crippen LogP contribution in [-0.2, 0) is 17.9 Å². The molecular weight excluding hydrogens is 506 g/mol. The highest BCUT2D eigenvalue weighted by atomic mass is 35.5. The summed E-state index contributed by atoms with van der Waals surface area (Å²) in [7, 11) is 0. The van der Waals surface area contributed by atoms with Crippen LogP contribution in [0.1, 0.15) is 16.7 Å². The van der Waals surface area contributed by atoms with Gasteiger partial charge in [0.2, 0.25) is 0 Å². The molecule has 3 amide bonds. The summed E-state index contributed by atoms with van der Waals surface area (Å²) in [6.07, 6.45) is 1.63. The van der Waals surface area contributed by atoms with Crippen LogP contribution in [-0.4, -0.2) is 16.8 Å². The molecule has 1 aliphatic heterocycles. The Morgan fingerprint density at radius 1 is 0.818 bits per heavy atom. The summed E-state index contributed by atoms with van der Waals surface area (Å²) in [5, 5.41) is 4.30. The number of benzene rings is 3. The molecule has 1 heterocycles. The van der Waals surface area contributed by atoms with Crippen LogP contribution in [0.15, 0.2) is 66.4 Å². The first-order valence-corrected chi connectivity index (χ1v) is 11.3. The van der Waals surface area contributed by atoms with Crippen LogP contribution in [0.3, 0.4) is 0 Å². The first kappa shape index (κ1) is 23.5. The SMILES string of the molecule is O=C1NC(=O)N(Cc2ccc(Cl)cc2Cl)/C1=C/c1ccc(OCc2ccc(Cl)cc2Cl)cc1. The zero-order chi connectivity index (χ0) is 23.5. The fourth-order valence-corrected chi connectivity index (χ4v) is 4.13. The van der Waals surface area contributed by atoms with Crippen LogP contribution in [0.2, 0.25) is 20.1 Å². The molecule has 1 saturated heterocycles. The molecule has 3 aromatic rings. The second-order valence-corrected chi connectivity index (χ2v) is 8.89. The van der Waals surface area contributed by atoms with Crippen molar-refractivity contribution < 1.29 is 14.3 Å². The van der Waals surface area contributed by atoms with Crippen LogP contribution in [0, 0.1) is 0 Å². The van der Waals surface area contributed by atoms with E-state index in [1.54, 1.807) is 66.7 Å². The normalized spacial score (nSPS) is 14.7. The van der Waals surface area contributed by atoms with Crippen molar-refractivity contribution in [1.82, 2.24) is 10.2 Å². The van der Waals surface area contributed by atoms with Crippen LogP contribution < -0.4 is 10.1 Å². The van der Waals surface area contributed by atoms with Gasteiger partial charge in [0.1, 0.15) is 18.1 Å². The standard InChI is InChI=1S/C24H16Cl4N2O3/c25-17-5-3-15(20(27)10-17)12-30-22(23(31)29-24(30)32)9-14-1-7-19(8-2-14)33-13-16-4-6-18(26)11-21(16)28/h1-11H,12-13H2,(H,29,31,32)/b22-9+. The molecule has 1 aliphatic rings. The molecule has 0 spiro atoms. The third-order valence-corrected chi connectivity index (χ3v) is 6.10. The summed E-state index contributed by atoms with van der Waals surface area (Å²) < 4.78 is 5.78. The van der Waals surface area contributed by atoms with Crippen molar-refractivity contribution >= 4 is 64.4 Å². The molecule has 1 fully saturated rings. The number of hydrogen-bond acceptors (Lipinski definition) is 3. The molecule has 9 heteroatoms. The van der Waals surface area contributed by atoms with E-state index in [-0.39, 0.29) is 18.8 Å². The monoisotopic (exact) mass is 520 g/mol. The third-order valence-electron chi connectivity index (χ3n) is 4.93. The van der Waals surface area contributed by atoms with Gasteiger partial charge in [-0.15, -0.1) is 0 Å². The van der Waals surface area contributed by atoms with Crippen LogP contribution in [0.25, 0.3) is 6.08 Å². The topological polar surface area (TPSA) is 58.6 Å². The summed E-state index contributed by atoms with van der Waals surface area (Å²) in [6.45, 7) is 0.408. The molecular formula is C24H16Cl4N2O3. The molecule has 4 rings (SSSR count). The Morgan fingerprint density at radius 3 is 2.03 bits per heavy atom. The lowest BCUT2D eigenvalue weighted by atomic mass is 10.1. The fourth-order valence-electron chi connectivity index (χ4n) is 3.20. The largest absolute Gasteiger partial charge is 0.489 e. The average molecular weight is 522 g/mol. The molecule has 168 valence electrons. The summed E-state index contributed by atoms with van der Waals surface area (Å²) in [5.74, 6) is 0.141. The highest BCUT2D eigenvalue weighted by molar-refractivity contribution is 6.35. The van der Waals surface area contributed by atoms with Crippen LogP contribution in [0.5, 0.6) is 5.75 Å². The summed E-state index contributed by atoms with van der Waals surface area (Å²) in [4.78, 5) is 26.0. The Morgan fingerprint density at radius 2 is 1.42 bits per heavy atom. The van der Waals surface area contributed by atoms with Gasteiger partial charge in [-0.25, -0.2) is 4.79 Å². The number of rotatable bonds is 6. The minimum absolute atomic E-state index is 0.127. The molecule has 0 unspecified atom stereocenters. The third kappa shape index (κ3) is 5.63. The van der Waals surface area contributed by atoms with Crippen LogP contribution >= 0.6 is 46.4 Å². The van der Waals surface area contributed by atoms with Gasteiger partial charge < -0.3 is 4.74 Å². The van der Waals surface area contributed by atoms with Crippen molar-refractivity contribution in [3.05, 3.63) is 103 Å². The highest BCUT2D eigenvalue weighted by Gasteiger charge is 2.33. The number of nitrogens with one attached hydrogen (secondary N) is 1. The lowest BCUT2D eigenvalue weighted by Gasteiger charge is -2.16. The molecule has 0 aromatic heterocycles. The lowest BCUT2D eigenvalue weighted by molar-refractivity contribution is -0.116. The Hall–Kier alpha value is -2.70. The predicted octanol–water partition coefficient (Wildman–Crippen LogP) is 6.97. The smallest absolute Gasteiger partial charge is 0.329 e. The van der Waals surface area contributed by atoms with E-state index in [0.717, 1.165) is 11.1 Å². The maximum Gasteiger partial charge on any atom is 0.329 e. The zero-order valence-electron chi connectivity index (χ0n) is 16.9. The van der Waals surface area contributed by atoms with Gasteiger partial charge in [-0.1, -0.05) is 70.7 Å². The molecule has 0 aliphatic carbocycles. The number of carbonyl (C=O) groups is 2. The Balaban J connectivity index is 1.49. The molecule has 0 atom stereocenters. The van der Waals surface area contributed by atoms with Gasteiger partial charge in [0.25, 0.3) is 5.91 Å². The van der Waals surface area contributed by atoms with Crippen molar-refractivity contribution in [2.75, 3.05) is 0 Å². The van der Waals surface area contributed by atoms with Gasteiger partial charge in [0.15, 0.2) is 0 Å². The zero-order valence-corrected chi connectivity index (χ0v) is 20.0. The molecule has 3 aromatic carbocycles. The number of carbonyl (C=O) groups excluding carboxylic acids is 2. The number of urea groups is 1. The Kier molecular flexibility index (Phi) is 7.15. The molecule has 0 bridgehead atoms. The molecule has 5 nitrogen and oxygen atoms in total. The van der Waals surface area contributed by atoms with E-state index in [1.165, 1.54) is 4.90 Å². The van der Waals surface area contributed by atoms with Gasteiger partial charge in [-0.05, 0) is 53.6 Å². The second kappa shape index (κ2) is 10.1. The minimum atomic E-state index is -0.517. The fraction of sp³-hybridized carbons (Fsp3) is 0.0833. The van der Waals surface area contributed by atoms with E-state index in [9.17, 15) is 9.59 Å². The van der Waals surface area contributed by atoms with E-state index >= 15 is 0 Å². The molecule has 1 N–H and O–H groups in total. The number of amides is 3. The average Bonchev–Trinajstić information content (AvgIpc) is 3.03. The maximum absolute atomic E-state index is 12.4. The van der Waals surface area contributed by atoms with E-state index in [4.69, 9.17) is 51.1 Å². The Bertz CT molecular complexity index is 1260. The highest BCUT2D eigenvalue weighted by Crippen LogP contribution is 2.27. The number of halogens is 4. The quantitative estimate of drug-likeness (QED) is 0.281. The molecule has 0 saturated carbocycles. The van der Waals surface area contributed by atoms with Crippen molar-refractivity contribution in [3.8, 4) is 5.75 Å². The van der Waals surface area contributed by atoms with Crippen LogP contribution in [0.4, 0.5) is 4.79 Å². The van der Waals surface area contributed by atoms with Gasteiger partial charge in [0, 0.05) is 25.7 Å². The van der Waals surface area contributed by atoms with Crippen molar-refractivity contribution in [2.45, 2.75) is 13.2 Å². The summed E-state index contributed by atoms with van der Waals surface area (Å²) >= 11 is 24.3. The Labute approximate surface area is 210 Å². The van der Waals surface area contributed by atoms with E-state index in [0.29, 0.717) is 31.4 Å². The predicted molar refractivity (Wildman–Crippen MR) is 131 cm³/mol. The van der Waals surface area contributed by atoms with Gasteiger partial charge >= 0.3 is 6.03 Å². The number of ether oxygens (including phenoxy) is 1. The van der Waals surface area contributed by atoms with E-state index < -0.39 is 11.9 Å². The van der Waals surface area contributed by atoms with Gasteiger partial charge in [0.05, 0.1) is 6.54 Å². The van der Waals surface area contributed by atoms with Gasteiger partial charge in [-0.3, -0.25) is 15.0 Å². The van der Waals surface area contributed by atoms with Crippen molar-refractivity contribution in [3.63, 3.8) is 0 Å². The second-order valence-electron chi connectivity index (χ2n) is 7.20. The minimum Gasteiger partial charge on any atom is -0.489 e. The van der Waals surface area contributed by atoms with Crippen molar-refractivity contribution in [1.29, 1.82) is 0 Å². The van der Waals surface area contributed by atoms with E-state index in [1.807, 2.05) is 0 Å². The molecule has 33 heavy (non-hydrogen) atoms. The number of nitrogens with zero attached hydrogens (tertiary/aromatic N) is 1. The maximum atomic E-state index is 12.4. The first-order chi connectivity index (χ1) is 15.8. The number of hydrogen-bond donors (Lipinski definition) is 1. The summed E-state index contributed by atoms with van der Waals surface area (Å²) in [6, 6.07) is 16.8. The van der Waals surface area contributed by atoms with Gasteiger partial charge in [-0.2, -0.15) is 0 Å². The first-order valence-electron chi connectivity index (χ1n) is 9.75. The molecule has 0 radical (unpaired) electrons. The number of imide groups is 1. The van der Waals surface area contributed by atoms with E-state index in [2.05, 4.69) is 5.32 Å².